The maximum Gasteiger partial charge on any atom is 0.241 e. The Morgan fingerprint density at radius 3 is 2.62 bits per heavy atom. The SMILES string of the molecule is COC(C)(C)CCn1cc(S(N)(=O)=O)cn1. The molecule has 92 valence electrons. The first-order valence-corrected chi connectivity index (χ1v) is 6.40. The summed E-state index contributed by atoms with van der Waals surface area (Å²) in [7, 11) is -2.02. The number of methoxy groups -OCH3 is 1. The van der Waals surface area contributed by atoms with Gasteiger partial charge in [0.25, 0.3) is 0 Å². The van der Waals surface area contributed by atoms with Gasteiger partial charge in [-0.25, -0.2) is 13.6 Å². The summed E-state index contributed by atoms with van der Waals surface area (Å²) < 4.78 is 28.8. The molecule has 0 fully saturated rings. The van der Waals surface area contributed by atoms with Gasteiger partial charge in [-0.2, -0.15) is 5.10 Å². The van der Waals surface area contributed by atoms with Crippen LogP contribution in [0.2, 0.25) is 0 Å². The molecule has 0 atom stereocenters. The van der Waals surface area contributed by atoms with E-state index in [2.05, 4.69) is 5.10 Å². The van der Waals surface area contributed by atoms with Crippen LogP contribution >= 0.6 is 0 Å². The fourth-order valence-electron chi connectivity index (χ4n) is 1.10. The number of aromatic nitrogens is 2. The van der Waals surface area contributed by atoms with Gasteiger partial charge >= 0.3 is 0 Å². The van der Waals surface area contributed by atoms with Crippen LogP contribution < -0.4 is 5.14 Å². The van der Waals surface area contributed by atoms with Gasteiger partial charge in [0.2, 0.25) is 10.0 Å². The molecule has 16 heavy (non-hydrogen) atoms. The molecule has 6 nitrogen and oxygen atoms in total. The van der Waals surface area contributed by atoms with Gasteiger partial charge in [0, 0.05) is 19.9 Å². The third-order valence-electron chi connectivity index (χ3n) is 2.43. The first-order chi connectivity index (χ1) is 7.24. The Bertz CT molecular complexity index is 450. The lowest BCUT2D eigenvalue weighted by Gasteiger charge is -2.22. The minimum atomic E-state index is -3.66. The third-order valence-corrected chi connectivity index (χ3v) is 3.30. The average molecular weight is 247 g/mol. The number of nitrogens with two attached hydrogens (primary N) is 1. The molecule has 0 spiro atoms. The smallest absolute Gasteiger partial charge is 0.241 e. The summed E-state index contributed by atoms with van der Waals surface area (Å²) in [4.78, 5) is 0.0303. The second kappa shape index (κ2) is 4.52. The number of rotatable bonds is 5. The van der Waals surface area contributed by atoms with Gasteiger partial charge in [0.1, 0.15) is 4.90 Å². The molecule has 0 aliphatic rings. The van der Waals surface area contributed by atoms with Gasteiger partial charge in [-0.05, 0) is 20.3 Å². The summed E-state index contributed by atoms with van der Waals surface area (Å²) in [5.41, 5.74) is -0.256. The predicted molar refractivity (Wildman–Crippen MR) is 59.3 cm³/mol. The van der Waals surface area contributed by atoms with Crippen LogP contribution in [0.15, 0.2) is 17.3 Å². The molecule has 1 aromatic rings. The summed E-state index contributed by atoms with van der Waals surface area (Å²) in [6, 6.07) is 0. The second-order valence-electron chi connectivity index (χ2n) is 4.20. The molecule has 0 aromatic carbocycles. The van der Waals surface area contributed by atoms with Crippen LogP contribution in [0.3, 0.4) is 0 Å². The average Bonchev–Trinajstić information content (AvgIpc) is 2.63. The maximum absolute atomic E-state index is 11.0. The summed E-state index contributed by atoms with van der Waals surface area (Å²) in [5.74, 6) is 0. The van der Waals surface area contributed by atoms with E-state index in [1.807, 2.05) is 13.8 Å². The van der Waals surface area contributed by atoms with E-state index in [-0.39, 0.29) is 10.5 Å². The summed E-state index contributed by atoms with van der Waals surface area (Å²) in [6.45, 7) is 4.49. The summed E-state index contributed by atoms with van der Waals surface area (Å²) in [5, 5.41) is 8.89. The number of hydrogen-bond acceptors (Lipinski definition) is 4. The molecule has 0 radical (unpaired) electrons. The normalized spacial score (nSPS) is 13.0. The Kier molecular flexibility index (Phi) is 3.72. The molecular formula is C9H17N3O3S. The van der Waals surface area contributed by atoms with Gasteiger partial charge in [-0.3, -0.25) is 4.68 Å². The third kappa shape index (κ3) is 3.58. The first-order valence-electron chi connectivity index (χ1n) is 4.85. The van der Waals surface area contributed by atoms with Crippen molar-refractivity contribution in [1.82, 2.24) is 9.78 Å². The standard InChI is InChI=1S/C9H17N3O3S/c1-9(2,15-3)4-5-12-7-8(6-11-12)16(10,13)14/h6-7H,4-5H2,1-3H3,(H2,10,13,14). The van der Waals surface area contributed by atoms with Gasteiger partial charge in [-0.15, -0.1) is 0 Å². The molecule has 0 bridgehead atoms. The number of aryl methyl sites for hydroxylation is 1. The van der Waals surface area contributed by atoms with Crippen LogP contribution in [0.25, 0.3) is 0 Å². The Hall–Kier alpha value is -0.920. The molecule has 0 aliphatic heterocycles. The topological polar surface area (TPSA) is 87.2 Å². The van der Waals surface area contributed by atoms with Crippen molar-refractivity contribution in [2.24, 2.45) is 5.14 Å². The van der Waals surface area contributed by atoms with E-state index >= 15 is 0 Å². The van der Waals surface area contributed by atoms with E-state index in [9.17, 15) is 8.42 Å². The van der Waals surface area contributed by atoms with Crippen molar-refractivity contribution in [3.8, 4) is 0 Å². The van der Waals surface area contributed by atoms with E-state index in [0.717, 1.165) is 6.42 Å². The van der Waals surface area contributed by atoms with E-state index in [0.29, 0.717) is 6.54 Å². The van der Waals surface area contributed by atoms with E-state index in [4.69, 9.17) is 9.88 Å². The van der Waals surface area contributed by atoms with Crippen molar-refractivity contribution in [1.29, 1.82) is 0 Å². The molecular weight excluding hydrogens is 230 g/mol. The fraction of sp³-hybridized carbons (Fsp3) is 0.667. The van der Waals surface area contributed by atoms with Crippen LogP contribution in [0.1, 0.15) is 20.3 Å². The van der Waals surface area contributed by atoms with Gasteiger partial charge in [-0.1, -0.05) is 0 Å². The van der Waals surface area contributed by atoms with Gasteiger partial charge in [0.15, 0.2) is 0 Å². The number of hydrogen-bond donors (Lipinski definition) is 1. The zero-order valence-electron chi connectivity index (χ0n) is 9.67. The van der Waals surface area contributed by atoms with Crippen LogP contribution in [0.5, 0.6) is 0 Å². The lowest BCUT2D eigenvalue weighted by Crippen LogP contribution is -2.24. The van der Waals surface area contributed by atoms with Crippen molar-refractivity contribution in [3.63, 3.8) is 0 Å². The number of sulfonamides is 1. The lowest BCUT2D eigenvalue weighted by molar-refractivity contribution is 0.0113. The minimum absolute atomic E-state index is 0.0303. The minimum Gasteiger partial charge on any atom is -0.379 e. The highest BCUT2D eigenvalue weighted by molar-refractivity contribution is 7.89. The van der Waals surface area contributed by atoms with Gasteiger partial charge in [0.05, 0.1) is 11.8 Å². The van der Waals surface area contributed by atoms with Crippen LogP contribution in [0, 0.1) is 0 Å². The molecule has 0 aliphatic carbocycles. The molecule has 1 heterocycles. The Morgan fingerprint density at radius 2 is 2.19 bits per heavy atom. The van der Waals surface area contributed by atoms with Crippen molar-refractivity contribution in [3.05, 3.63) is 12.4 Å². The molecule has 0 amide bonds. The van der Waals surface area contributed by atoms with Crippen molar-refractivity contribution >= 4 is 10.0 Å². The Balaban J connectivity index is 2.67. The molecule has 1 rings (SSSR count). The van der Waals surface area contributed by atoms with E-state index < -0.39 is 10.0 Å². The monoisotopic (exact) mass is 247 g/mol. The van der Waals surface area contributed by atoms with E-state index in [1.54, 1.807) is 11.8 Å². The van der Waals surface area contributed by atoms with Crippen molar-refractivity contribution in [2.75, 3.05) is 7.11 Å². The van der Waals surface area contributed by atoms with Crippen LogP contribution in [-0.4, -0.2) is 30.9 Å². The van der Waals surface area contributed by atoms with E-state index in [1.165, 1.54) is 12.4 Å². The Labute approximate surface area is 95.4 Å². The lowest BCUT2D eigenvalue weighted by atomic mass is 10.1. The zero-order valence-corrected chi connectivity index (χ0v) is 10.5. The van der Waals surface area contributed by atoms with Crippen molar-refractivity contribution in [2.45, 2.75) is 37.3 Å². The first kappa shape index (κ1) is 13.1. The molecule has 1 aromatic heterocycles. The highest BCUT2D eigenvalue weighted by Crippen LogP contribution is 2.14. The summed E-state index contributed by atoms with van der Waals surface area (Å²) in [6.07, 6.45) is 3.39. The fourth-order valence-corrected chi connectivity index (χ4v) is 1.56. The molecule has 2 N–H and O–H groups in total. The number of nitrogens with zero attached hydrogens (tertiary/aromatic N) is 2. The molecule has 0 saturated carbocycles. The number of ether oxygens (including phenoxy) is 1. The van der Waals surface area contributed by atoms with Crippen LogP contribution in [0.4, 0.5) is 0 Å². The van der Waals surface area contributed by atoms with Crippen LogP contribution in [-0.2, 0) is 21.3 Å². The zero-order chi connectivity index (χ0) is 12.4. The largest absolute Gasteiger partial charge is 0.379 e. The second-order valence-corrected chi connectivity index (χ2v) is 5.76. The highest BCUT2D eigenvalue weighted by Gasteiger charge is 2.17. The molecule has 0 saturated heterocycles. The number of primary sulfonamides is 1. The highest BCUT2D eigenvalue weighted by atomic mass is 32.2. The maximum atomic E-state index is 11.0. The molecule has 7 heteroatoms. The predicted octanol–water partition coefficient (Wildman–Crippen LogP) is 0.346. The van der Waals surface area contributed by atoms with Gasteiger partial charge < -0.3 is 4.74 Å². The van der Waals surface area contributed by atoms with Crippen molar-refractivity contribution < 1.29 is 13.2 Å². The quantitative estimate of drug-likeness (QED) is 0.813. The molecule has 0 unspecified atom stereocenters. The Morgan fingerprint density at radius 1 is 1.56 bits per heavy atom. The summed E-state index contributed by atoms with van der Waals surface area (Å²) >= 11 is 0.